The Bertz CT molecular complexity index is 786. The van der Waals surface area contributed by atoms with Gasteiger partial charge in [0.2, 0.25) is 0 Å². The normalized spacial score (nSPS) is 20.4. The lowest BCUT2D eigenvalue weighted by Crippen LogP contribution is -2.46. The molecule has 0 radical (unpaired) electrons. The molecule has 1 heterocycles. The van der Waals surface area contributed by atoms with Crippen molar-refractivity contribution in [2.45, 2.75) is 45.1 Å². The van der Waals surface area contributed by atoms with Gasteiger partial charge in [-0.05, 0) is 41.5 Å². The topological polar surface area (TPSA) is 43.7 Å². The van der Waals surface area contributed by atoms with Crippen molar-refractivity contribution in [2.75, 3.05) is 13.1 Å². The van der Waals surface area contributed by atoms with Crippen LogP contribution in [0.25, 0.3) is 10.8 Å². The second kappa shape index (κ2) is 7.71. The minimum Gasteiger partial charge on any atom is -0.512 e. The lowest BCUT2D eigenvalue weighted by atomic mass is 9.86. The fraction of sp³-hybridized carbons (Fsp3) is 0.478. The van der Waals surface area contributed by atoms with Crippen molar-refractivity contribution in [2.24, 2.45) is 11.8 Å². The molecule has 0 spiro atoms. The average Bonchev–Trinajstić information content (AvgIpc) is 2.63. The molecule has 26 heavy (non-hydrogen) atoms. The van der Waals surface area contributed by atoms with E-state index in [4.69, 9.17) is 0 Å². The summed E-state index contributed by atoms with van der Waals surface area (Å²) in [6.45, 7) is 2.77. The maximum absolute atomic E-state index is 10.4. The number of fused-ring (bicyclic) bond motifs is 1. The smallest absolute Gasteiger partial charge is 0.123 e. The first-order chi connectivity index (χ1) is 12.7. The van der Waals surface area contributed by atoms with E-state index in [1.54, 1.807) is 6.07 Å². The highest BCUT2D eigenvalue weighted by Crippen LogP contribution is 2.30. The third-order valence-corrected chi connectivity index (χ3v) is 6.09. The molecular formula is C23H29NO2. The van der Waals surface area contributed by atoms with Crippen LogP contribution in [-0.4, -0.2) is 28.2 Å². The maximum atomic E-state index is 10.4. The van der Waals surface area contributed by atoms with E-state index in [0.29, 0.717) is 17.4 Å². The number of likely N-dealkylation sites (tertiary alicyclic amines) is 1. The van der Waals surface area contributed by atoms with Crippen LogP contribution in [0, 0.1) is 11.8 Å². The predicted molar refractivity (Wildman–Crippen MR) is 106 cm³/mol. The van der Waals surface area contributed by atoms with Gasteiger partial charge in [-0.2, -0.15) is 0 Å². The standard InChI is InChI=1S/C23H29NO2/c25-22(12-10-17-5-2-1-3-6-17)20-15-24(16-20)14-18-9-11-21-19(13-18)7-4-8-23(21)26/h4,7-9,11-13,17,20,25-26H,1-3,5-6,10,14-16H2/b22-12+. The van der Waals surface area contributed by atoms with Crippen LogP contribution in [0.2, 0.25) is 0 Å². The summed E-state index contributed by atoms with van der Waals surface area (Å²) in [6.07, 6.45) is 9.92. The largest absolute Gasteiger partial charge is 0.512 e. The number of benzene rings is 2. The highest BCUT2D eigenvalue weighted by molar-refractivity contribution is 5.88. The van der Waals surface area contributed by atoms with Crippen LogP contribution in [0.4, 0.5) is 0 Å². The summed E-state index contributed by atoms with van der Waals surface area (Å²) >= 11 is 0. The van der Waals surface area contributed by atoms with E-state index in [0.717, 1.165) is 42.7 Å². The minimum atomic E-state index is 0.308. The lowest BCUT2D eigenvalue weighted by Gasteiger charge is -2.39. The molecule has 1 saturated carbocycles. The highest BCUT2D eigenvalue weighted by atomic mass is 16.3. The minimum absolute atomic E-state index is 0.308. The van der Waals surface area contributed by atoms with Gasteiger partial charge >= 0.3 is 0 Å². The SMILES string of the molecule is O/C(=C/CC1CCCCC1)C1CN(Cc2ccc3c(O)cccc3c2)C1. The highest BCUT2D eigenvalue weighted by Gasteiger charge is 2.29. The van der Waals surface area contributed by atoms with Crippen molar-refractivity contribution in [1.82, 2.24) is 4.90 Å². The summed E-state index contributed by atoms with van der Waals surface area (Å²) in [4.78, 5) is 2.37. The Labute approximate surface area is 156 Å². The van der Waals surface area contributed by atoms with Gasteiger partial charge in [-0.25, -0.2) is 0 Å². The molecule has 1 aliphatic carbocycles. The molecule has 2 aliphatic rings. The molecule has 4 rings (SSSR count). The number of hydrogen-bond acceptors (Lipinski definition) is 3. The van der Waals surface area contributed by atoms with E-state index in [9.17, 15) is 10.2 Å². The van der Waals surface area contributed by atoms with Gasteiger partial charge in [0, 0.05) is 30.9 Å². The average molecular weight is 351 g/mol. The number of aromatic hydroxyl groups is 1. The van der Waals surface area contributed by atoms with Crippen molar-refractivity contribution in [3.8, 4) is 5.75 Å². The summed E-state index contributed by atoms with van der Waals surface area (Å²) in [5.74, 6) is 2.04. The van der Waals surface area contributed by atoms with Crippen LogP contribution in [0.3, 0.4) is 0 Å². The molecule has 3 heteroatoms. The van der Waals surface area contributed by atoms with E-state index < -0.39 is 0 Å². The second-order valence-electron chi connectivity index (χ2n) is 8.09. The van der Waals surface area contributed by atoms with Crippen LogP contribution in [0.5, 0.6) is 5.75 Å². The molecular weight excluding hydrogens is 322 g/mol. The van der Waals surface area contributed by atoms with Gasteiger partial charge < -0.3 is 10.2 Å². The third kappa shape index (κ3) is 3.88. The summed E-state index contributed by atoms with van der Waals surface area (Å²) in [7, 11) is 0. The maximum Gasteiger partial charge on any atom is 0.123 e. The summed E-state index contributed by atoms with van der Waals surface area (Å²) < 4.78 is 0. The first-order valence-electron chi connectivity index (χ1n) is 10.0. The number of phenols is 1. The van der Waals surface area contributed by atoms with Crippen LogP contribution in [0.1, 0.15) is 44.1 Å². The van der Waals surface area contributed by atoms with Crippen LogP contribution in [0.15, 0.2) is 48.2 Å². The molecule has 0 amide bonds. The van der Waals surface area contributed by atoms with E-state index in [2.05, 4.69) is 23.1 Å². The molecule has 0 atom stereocenters. The van der Waals surface area contributed by atoms with Crippen molar-refractivity contribution in [3.05, 3.63) is 53.8 Å². The van der Waals surface area contributed by atoms with Crippen molar-refractivity contribution in [1.29, 1.82) is 0 Å². The zero-order chi connectivity index (χ0) is 17.9. The van der Waals surface area contributed by atoms with Crippen LogP contribution in [-0.2, 0) is 6.54 Å². The van der Waals surface area contributed by atoms with Gasteiger partial charge in [-0.3, -0.25) is 4.90 Å². The molecule has 0 unspecified atom stereocenters. The molecule has 138 valence electrons. The fourth-order valence-electron chi connectivity index (χ4n) is 4.44. The number of aliphatic hydroxyl groups is 1. The quantitative estimate of drug-likeness (QED) is 0.710. The number of nitrogens with zero attached hydrogens (tertiary/aromatic N) is 1. The van der Waals surface area contributed by atoms with E-state index in [-0.39, 0.29) is 0 Å². The van der Waals surface area contributed by atoms with E-state index >= 15 is 0 Å². The van der Waals surface area contributed by atoms with Gasteiger partial charge in [0.25, 0.3) is 0 Å². The van der Waals surface area contributed by atoms with Crippen LogP contribution < -0.4 is 0 Å². The van der Waals surface area contributed by atoms with Crippen molar-refractivity contribution < 1.29 is 10.2 Å². The Morgan fingerprint density at radius 3 is 2.69 bits per heavy atom. The fourth-order valence-corrected chi connectivity index (χ4v) is 4.44. The van der Waals surface area contributed by atoms with Gasteiger partial charge in [-0.15, -0.1) is 0 Å². The molecule has 3 nitrogen and oxygen atoms in total. The Morgan fingerprint density at radius 1 is 1.08 bits per heavy atom. The molecule has 2 fully saturated rings. The molecule has 2 aromatic rings. The Balaban J connectivity index is 1.29. The van der Waals surface area contributed by atoms with Crippen molar-refractivity contribution >= 4 is 10.8 Å². The second-order valence-corrected chi connectivity index (χ2v) is 8.09. The summed E-state index contributed by atoms with van der Waals surface area (Å²) in [5.41, 5.74) is 1.26. The number of phenolic OH excluding ortho intramolecular Hbond substituents is 1. The molecule has 0 aromatic heterocycles. The molecule has 1 aliphatic heterocycles. The summed E-state index contributed by atoms with van der Waals surface area (Å²) in [6, 6.07) is 11.9. The number of hydrogen-bond donors (Lipinski definition) is 2. The number of aliphatic hydroxyl groups excluding tert-OH is 1. The monoisotopic (exact) mass is 351 g/mol. The predicted octanol–water partition coefficient (Wildman–Crippen LogP) is 5.39. The lowest BCUT2D eigenvalue weighted by molar-refractivity contribution is 0.0849. The number of allylic oxidation sites excluding steroid dienone is 1. The first kappa shape index (κ1) is 17.4. The first-order valence-corrected chi connectivity index (χ1v) is 10.0. The van der Waals surface area contributed by atoms with E-state index in [1.807, 2.05) is 18.2 Å². The zero-order valence-electron chi connectivity index (χ0n) is 15.4. The van der Waals surface area contributed by atoms with E-state index in [1.165, 1.54) is 37.7 Å². The Morgan fingerprint density at radius 2 is 1.88 bits per heavy atom. The molecule has 0 bridgehead atoms. The van der Waals surface area contributed by atoms with Crippen molar-refractivity contribution in [3.63, 3.8) is 0 Å². The molecule has 2 N–H and O–H groups in total. The third-order valence-electron chi connectivity index (χ3n) is 6.09. The van der Waals surface area contributed by atoms with Crippen LogP contribution >= 0.6 is 0 Å². The molecule has 1 saturated heterocycles. The van der Waals surface area contributed by atoms with Gasteiger partial charge in [0.1, 0.15) is 5.75 Å². The van der Waals surface area contributed by atoms with Gasteiger partial charge in [0.15, 0.2) is 0 Å². The van der Waals surface area contributed by atoms with Gasteiger partial charge in [0.05, 0.1) is 5.76 Å². The zero-order valence-corrected chi connectivity index (χ0v) is 15.4. The Kier molecular flexibility index (Phi) is 5.16. The number of rotatable bonds is 5. The van der Waals surface area contributed by atoms with Gasteiger partial charge in [-0.1, -0.05) is 56.4 Å². The summed E-state index contributed by atoms with van der Waals surface area (Å²) in [5, 5.41) is 22.2. The molecule has 2 aromatic carbocycles. The Hall–Kier alpha value is -2.00.